The smallest absolute Gasteiger partial charge is 0.265 e. The van der Waals surface area contributed by atoms with Crippen molar-refractivity contribution in [3.63, 3.8) is 0 Å². The summed E-state index contributed by atoms with van der Waals surface area (Å²) in [5.74, 6) is 1.55. The number of aromatic nitrogens is 3. The minimum Gasteiger partial charge on any atom is -0.353 e. The highest BCUT2D eigenvalue weighted by molar-refractivity contribution is 7.12. The molecule has 0 aliphatic carbocycles. The normalized spacial score (nSPS) is 14.3. The van der Waals surface area contributed by atoms with Crippen molar-refractivity contribution in [2.24, 2.45) is 0 Å². The number of pyridine rings is 1. The molecule has 138 valence electrons. The molecule has 1 aliphatic heterocycles. The zero-order chi connectivity index (χ0) is 18.6. The third kappa shape index (κ3) is 4.06. The van der Waals surface area contributed by atoms with Crippen molar-refractivity contribution in [1.29, 1.82) is 0 Å². The van der Waals surface area contributed by atoms with Gasteiger partial charge >= 0.3 is 0 Å². The van der Waals surface area contributed by atoms with Crippen LogP contribution in [0.4, 0.5) is 17.5 Å². The fourth-order valence-corrected chi connectivity index (χ4v) is 3.76. The second kappa shape index (κ2) is 7.71. The summed E-state index contributed by atoms with van der Waals surface area (Å²) in [4.78, 5) is 30.5. The Kier molecular flexibility index (Phi) is 4.97. The number of carbonyl (C=O) groups excluding carboxylic acids is 1. The summed E-state index contributed by atoms with van der Waals surface area (Å²) in [5, 5.41) is 4.80. The predicted octanol–water partition coefficient (Wildman–Crippen LogP) is 2.82. The van der Waals surface area contributed by atoms with Crippen LogP contribution in [0.2, 0.25) is 0 Å². The Bertz CT molecular complexity index is 903. The van der Waals surface area contributed by atoms with E-state index in [0.717, 1.165) is 37.6 Å². The summed E-state index contributed by atoms with van der Waals surface area (Å²) in [5.41, 5.74) is 1.68. The summed E-state index contributed by atoms with van der Waals surface area (Å²) in [6.07, 6.45) is 5.13. The lowest BCUT2D eigenvalue weighted by Gasteiger charge is -2.35. The van der Waals surface area contributed by atoms with Crippen LogP contribution in [-0.2, 0) is 0 Å². The van der Waals surface area contributed by atoms with Crippen LogP contribution in [0, 0.1) is 6.92 Å². The van der Waals surface area contributed by atoms with Gasteiger partial charge in [-0.15, -0.1) is 11.3 Å². The Morgan fingerprint density at radius 1 is 1.07 bits per heavy atom. The van der Waals surface area contributed by atoms with E-state index in [-0.39, 0.29) is 5.91 Å². The van der Waals surface area contributed by atoms with Crippen molar-refractivity contribution in [2.45, 2.75) is 6.92 Å². The predicted molar refractivity (Wildman–Crippen MR) is 108 cm³/mol. The molecule has 1 aliphatic rings. The maximum atomic E-state index is 12.2. The second-order valence-electron chi connectivity index (χ2n) is 6.38. The Labute approximate surface area is 161 Å². The molecular weight excluding hydrogens is 360 g/mol. The minimum absolute atomic E-state index is 0.131. The lowest BCUT2D eigenvalue weighted by atomic mass is 10.3. The highest BCUT2D eigenvalue weighted by Gasteiger charge is 2.20. The van der Waals surface area contributed by atoms with Gasteiger partial charge in [-0.3, -0.25) is 4.79 Å². The second-order valence-corrected chi connectivity index (χ2v) is 7.29. The monoisotopic (exact) mass is 380 g/mol. The number of aryl methyl sites for hydroxylation is 1. The van der Waals surface area contributed by atoms with Crippen molar-refractivity contribution < 1.29 is 4.79 Å². The number of carbonyl (C=O) groups is 1. The van der Waals surface area contributed by atoms with Gasteiger partial charge in [0.1, 0.15) is 5.82 Å². The first kappa shape index (κ1) is 17.4. The molecular formula is C19H20N6OS. The Morgan fingerprint density at radius 3 is 2.44 bits per heavy atom. The van der Waals surface area contributed by atoms with E-state index >= 15 is 0 Å². The summed E-state index contributed by atoms with van der Waals surface area (Å²) >= 11 is 1.43. The highest BCUT2D eigenvalue weighted by atomic mass is 32.1. The SMILES string of the molecule is Cc1csc(C(=O)Nc2cnc(N3CCN(c4ccccn4)CC3)nc2)c1. The molecule has 8 heteroatoms. The summed E-state index contributed by atoms with van der Waals surface area (Å²) in [7, 11) is 0. The van der Waals surface area contributed by atoms with Gasteiger partial charge in [-0.05, 0) is 36.1 Å². The average Bonchev–Trinajstić information content (AvgIpc) is 3.16. The van der Waals surface area contributed by atoms with Crippen LogP contribution in [-0.4, -0.2) is 47.0 Å². The van der Waals surface area contributed by atoms with Gasteiger partial charge in [0.2, 0.25) is 5.95 Å². The largest absolute Gasteiger partial charge is 0.353 e. The molecule has 27 heavy (non-hydrogen) atoms. The van der Waals surface area contributed by atoms with Gasteiger partial charge in [0.25, 0.3) is 5.91 Å². The molecule has 4 rings (SSSR count). The Morgan fingerprint density at radius 2 is 1.81 bits per heavy atom. The van der Waals surface area contributed by atoms with Gasteiger partial charge in [0.05, 0.1) is 23.0 Å². The molecule has 1 N–H and O–H groups in total. The zero-order valence-electron chi connectivity index (χ0n) is 15.0. The van der Waals surface area contributed by atoms with E-state index in [0.29, 0.717) is 16.5 Å². The lowest BCUT2D eigenvalue weighted by molar-refractivity contribution is 0.103. The van der Waals surface area contributed by atoms with Crippen molar-refractivity contribution >= 4 is 34.7 Å². The van der Waals surface area contributed by atoms with E-state index in [1.807, 2.05) is 42.8 Å². The topological polar surface area (TPSA) is 74.2 Å². The maximum absolute atomic E-state index is 12.2. The molecule has 0 aromatic carbocycles. The first-order valence-electron chi connectivity index (χ1n) is 8.78. The molecule has 0 atom stereocenters. The highest BCUT2D eigenvalue weighted by Crippen LogP contribution is 2.18. The third-order valence-corrected chi connectivity index (χ3v) is 5.43. The van der Waals surface area contributed by atoms with Crippen LogP contribution in [0.3, 0.4) is 0 Å². The van der Waals surface area contributed by atoms with Crippen LogP contribution in [0.15, 0.2) is 48.2 Å². The van der Waals surface area contributed by atoms with Crippen LogP contribution < -0.4 is 15.1 Å². The number of anilines is 3. The van der Waals surface area contributed by atoms with E-state index in [1.165, 1.54) is 11.3 Å². The van der Waals surface area contributed by atoms with E-state index in [1.54, 1.807) is 12.4 Å². The van der Waals surface area contributed by atoms with Gasteiger partial charge < -0.3 is 15.1 Å². The molecule has 3 aromatic heterocycles. The van der Waals surface area contributed by atoms with E-state index in [2.05, 4.69) is 30.1 Å². The van der Waals surface area contributed by atoms with Gasteiger partial charge in [-0.2, -0.15) is 0 Å². The molecule has 0 unspecified atom stereocenters. The van der Waals surface area contributed by atoms with Gasteiger partial charge in [-0.25, -0.2) is 15.0 Å². The minimum atomic E-state index is -0.131. The number of hydrogen-bond donors (Lipinski definition) is 1. The van der Waals surface area contributed by atoms with Crippen LogP contribution in [0.1, 0.15) is 15.2 Å². The standard InChI is InChI=1S/C19H20N6OS/c1-14-10-16(27-13-14)18(26)23-15-11-21-19(22-12-15)25-8-6-24(7-9-25)17-4-2-3-5-20-17/h2-5,10-13H,6-9H2,1H3,(H,23,26). The maximum Gasteiger partial charge on any atom is 0.265 e. The molecule has 1 amide bonds. The molecule has 0 bridgehead atoms. The summed E-state index contributed by atoms with van der Waals surface area (Å²) < 4.78 is 0. The van der Waals surface area contributed by atoms with Crippen molar-refractivity contribution in [3.8, 4) is 0 Å². The average molecular weight is 380 g/mol. The zero-order valence-corrected chi connectivity index (χ0v) is 15.8. The first-order chi connectivity index (χ1) is 13.2. The van der Waals surface area contributed by atoms with Crippen molar-refractivity contribution in [2.75, 3.05) is 41.3 Å². The quantitative estimate of drug-likeness (QED) is 0.750. The number of thiophene rings is 1. The molecule has 3 aromatic rings. The lowest BCUT2D eigenvalue weighted by Crippen LogP contribution is -2.47. The Hall–Kier alpha value is -3.00. The Balaban J connectivity index is 1.35. The van der Waals surface area contributed by atoms with Crippen molar-refractivity contribution in [3.05, 3.63) is 58.7 Å². The van der Waals surface area contributed by atoms with E-state index in [4.69, 9.17) is 0 Å². The molecule has 1 saturated heterocycles. The van der Waals surface area contributed by atoms with Gasteiger partial charge in [-0.1, -0.05) is 6.07 Å². The number of nitrogens with one attached hydrogen (secondary N) is 1. The number of piperazine rings is 1. The summed E-state index contributed by atoms with van der Waals surface area (Å²) in [6, 6.07) is 7.82. The fourth-order valence-electron chi connectivity index (χ4n) is 2.97. The van der Waals surface area contributed by atoms with Crippen molar-refractivity contribution in [1.82, 2.24) is 15.0 Å². The number of amides is 1. The number of nitrogens with zero attached hydrogens (tertiary/aromatic N) is 5. The summed E-state index contributed by atoms with van der Waals surface area (Å²) in [6.45, 7) is 5.37. The number of rotatable bonds is 4. The molecule has 0 spiro atoms. The van der Waals surface area contributed by atoms with Crippen LogP contribution in [0.5, 0.6) is 0 Å². The fraction of sp³-hybridized carbons (Fsp3) is 0.263. The van der Waals surface area contributed by atoms with Crippen LogP contribution in [0.25, 0.3) is 0 Å². The molecule has 0 saturated carbocycles. The first-order valence-corrected chi connectivity index (χ1v) is 9.66. The van der Waals surface area contributed by atoms with Gasteiger partial charge in [0, 0.05) is 32.4 Å². The van der Waals surface area contributed by atoms with E-state index in [9.17, 15) is 4.79 Å². The van der Waals surface area contributed by atoms with E-state index < -0.39 is 0 Å². The van der Waals surface area contributed by atoms with Crippen LogP contribution >= 0.6 is 11.3 Å². The molecule has 0 radical (unpaired) electrons. The third-order valence-electron chi connectivity index (χ3n) is 4.39. The molecule has 1 fully saturated rings. The van der Waals surface area contributed by atoms with Gasteiger partial charge in [0.15, 0.2) is 0 Å². The number of hydrogen-bond acceptors (Lipinski definition) is 7. The molecule has 4 heterocycles. The molecule has 7 nitrogen and oxygen atoms in total.